The third kappa shape index (κ3) is 2.80. The topological polar surface area (TPSA) is 73.8 Å². The van der Waals surface area contributed by atoms with Crippen molar-refractivity contribution >= 4 is 15.6 Å². The molecule has 0 aromatic carbocycles. The summed E-state index contributed by atoms with van der Waals surface area (Å²) < 4.78 is 23.2. The standard InChI is InChI=1S/C5H11N3O2S/c1-3-8(4-2)11(9,10)5-7-6/h5H,3-4H2,1-2H3. The summed E-state index contributed by atoms with van der Waals surface area (Å²) in [5.41, 5.74) is 8.53. The van der Waals surface area contributed by atoms with Crippen molar-refractivity contribution in [1.82, 2.24) is 4.31 Å². The molecule has 0 rings (SSSR count). The molecular formula is C5H11N3O2S. The van der Waals surface area contributed by atoms with E-state index in [1.165, 1.54) is 4.31 Å². The smallest absolute Gasteiger partial charge is 0.361 e. The number of sulfonamides is 1. The Kier molecular flexibility index (Phi) is 3.95. The van der Waals surface area contributed by atoms with Crippen molar-refractivity contribution in [2.24, 2.45) is 0 Å². The molecule has 0 N–H and O–H groups in total. The molecular weight excluding hydrogens is 166 g/mol. The lowest BCUT2D eigenvalue weighted by molar-refractivity contribution is 0.00712. The number of nitrogens with zero attached hydrogens (tertiary/aromatic N) is 3. The van der Waals surface area contributed by atoms with E-state index in [4.69, 9.17) is 5.53 Å². The second-order valence-corrected chi connectivity index (χ2v) is 3.61. The monoisotopic (exact) mass is 177 g/mol. The summed E-state index contributed by atoms with van der Waals surface area (Å²) in [5.74, 6) is 0. The highest BCUT2D eigenvalue weighted by Gasteiger charge is 2.19. The van der Waals surface area contributed by atoms with Crippen LogP contribution in [0.5, 0.6) is 0 Å². The Morgan fingerprint density at radius 2 is 1.91 bits per heavy atom. The SMILES string of the molecule is CCN(CC)S(=O)(=O)C=[N+]=[N-]. The normalized spacial score (nSPS) is 11.2. The molecule has 0 heterocycles. The lowest BCUT2D eigenvalue weighted by Gasteiger charge is -2.11. The van der Waals surface area contributed by atoms with Crippen molar-refractivity contribution in [3.63, 3.8) is 0 Å². The Balaban J connectivity index is 4.66. The first-order valence-corrected chi connectivity index (χ1v) is 4.76. The van der Waals surface area contributed by atoms with Crippen LogP contribution in [0.15, 0.2) is 0 Å². The highest BCUT2D eigenvalue weighted by Crippen LogP contribution is 1.95. The summed E-state index contributed by atoms with van der Waals surface area (Å²) in [7, 11) is -3.48. The predicted octanol–water partition coefficient (Wildman–Crippen LogP) is -0.0839. The minimum atomic E-state index is -3.48. The minimum Gasteiger partial charge on any atom is -0.361 e. The van der Waals surface area contributed by atoms with Crippen molar-refractivity contribution in [2.45, 2.75) is 13.8 Å². The molecule has 0 aliphatic rings. The van der Waals surface area contributed by atoms with Gasteiger partial charge in [0, 0.05) is 13.1 Å². The molecule has 0 saturated heterocycles. The Morgan fingerprint density at radius 1 is 1.45 bits per heavy atom. The highest BCUT2D eigenvalue weighted by atomic mass is 32.2. The summed E-state index contributed by atoms with van der Waals surface area (Å²) in [5, 5.41) is 0. The van der Waals surface area contributed by atoms with Gasteiger partial charge >= 0.3 is 15.6 Å². The molecule has 0 fully saturated rings. The van der Waals surface area contributed by atoms with Gasteiger partial charge in [0.2, 0.25) is 0 Å². The number of hydrogen-bond acceptors (Lipinski definition) is 2. The van der Waals surface area contributed by atoms with Crippen LogP contribution in [0.25, 0.3) is 5.53 Å². The third-order valence-corrected chi connectivity index (χ3v) is 2.84. The average Bonchev–Trinajstić information content (AvgIpc) is 1.89. The van der Waals surface area contributed by atoms with Crippen LogP contribution in [-0.4, -0.2) is 36.1 Å². The van der Waals surface area contributed by atoms with E-state index in [0.717, 1.165) is 0 Å². The van der Waals surface area contributed by atoms with Crippen LogP contribution >= 0.6 is 0 Å². The molecule has 6 heteroatoms. The first-order valence-electron chi connectivity index (χ1n) is 3.26. The van der Waals surface area contributed by atoms with Gasteiger partial charge in [-0.1, -0.05) is 13.8 Å². The molecule has 0 aliphatic carbocycles. The van der Waals surface area contributed by atoms with E-state index in [0.29, 0.717) is 18.6 Å². The van der Waals surface area contributed by atoms with Crippen LogP contribution in [0.1, 0.15) is 13.8 Å². The van der Waals surface area contributed by atoms with Gasteiger partial charge in [0.15, 0.2) is 0 Å². The fraction of sp³-hybridized carbons (Fsp3) is 0.800. The molecule has 0 bridgehead atoms. The van der Waals surface area contributed by atoms with Crippen LogP contribution in [-0.2, 0) is 10.0 Å². The summed E-state index contributed by atoms with van der Waals surface area (Å²) in [6.07, 6.45) is 0. The molecule has 0 amide bonds. The maximum absolute atomic E-state index is 11.0. The number of hydrogen-bond donors (Lipinski definition) is 0. The quantitative estimate of drug-likeness (QED) is 0.260. The lowest BCUT2D eigenvalue weighted by Crippen LogP contribution is -2.31. The molecule has 0 spiro atoms. The van der Waals surface area contributed by atoms with Crippen LogP contribution in [0.3, 0.4) is 0 Å². The summed E-state index contributed by atoms with van der Waals surface area (Å²) in [6, 6.07) is 0. The lowest BCUT2D eigenvalue weighted by atomic mass is 10.7. The first-order chi connectivity index (χ1) is 5.08. The fourth-order valence-electron chi connectivity index (χ4n) is 0.710. The van der Waals surface area contributed by atoms with Crippen molar-refractivity contribution in [3.05, 3.63) is 5.53 Å². The number of rotatable bonds is 4. The molecule has 0 aliphatic heterocycles. The van der Waals surface area contributed by atoms with Crippen LogP contribution in [0, 0.1) is 0 Å². The second-order valence-electron chi connectivity index (χ2n) is 1.85. The van der Waals surface area contributed by atoms with Gasteiger partial charge in [-0.2, -0.15) is 17.5 Å². The first kappa shape index (κ1) is 10.3. The third-order valence-electron chi connectivity index (χ3n) is 1.25. The van der Waals surface area contributed by atoms with Gasteiger partial charge in [0.25, 0.3) is 0 Å². The van der Waals surface area contributed by atoms with E-state index in [9.17, 15) is 8.42 Å². The van der Waals surface area contributed by atoms with Gasteiger partial charge in [0.05, 0.1) is 0 Å². The maximum atomic E-state index is 11.0. The fourth-order valence-corrected chi connectivity index (χ4v) is 1.68. The second kappa shape index (κ2) is 4.23. The van der Waals surface area contributed by atoms with Crippen molar-refractivity contribution in [3.8, 4) is 0 Å². The van der Waals surface area contributed by atoms with Gasteiger partial charge in [-0.15, -0.1) is 0 Å². The molecule has 0 aromatic heterocycles. The van der Waals surface area contributed by atoms with E-state index in [-0.39, 0.29) is 0 Å². The van der Waals surface area contributed by atoms with Crippen molar-refractivity contribution in [2.75, 3.05) is 13.1 Å². The van der Waals surface area contributed by atoms with Crippen LogP contribution < -0.4 is 0 Å². The summed E-state index contributed by atoms with van der Waals surface area (Å²) >= 11 is 0. The maximum Gasteiger partial charge on any atom is 0.384 e. The largest absolute Gasteiger partial charge is 0.384 e. The van der Waals surface area contributed by atoms with E-state index < -0.39 is 10.0 Å². The molecule has 64 valence electrons. The molecule has 0 saturated carbocycles. The zero-order valence-corrected chi connectivity index (χ0v) is 7.37. The van der Waals surface area contributed by atoms with E-state index in [1.54, 1.807) is 13.8 Å². The summed E-state index contributed by atoms with van der Waals surface area (Å²) in [4.78, 5) is 2.47. The average molecular weight is 177 g/mol. The van der Waals surface area contributed by atoms with Gasteiger partial charge in [-0.3, -0.25) is 0 Å². The molecule has 0 atom stereocenters. The van der Waals surface area contributed by atoms with E-state index in [2.05, 4.69) is 4.79 Å². The Morgan fingerprint density at radius 3 is 2.18 bits per heavy atom. The van der Waals surface area contributed by atoms with Crippen LogP contribution in [0.4, 0.5) is 0 Å². The zero-order chi connectivity index (χ0) is 8.91. The Bertz CT molecular complexity index is 249. The predicted molar refractivity (Wildman–Crippen MR) is 41.5 cm³/mol. The van der Waals surface area contributed by atoms with Crippen molar-refractivity contribution in [1.29, 1.82) is 0 Å². The molecule has 0 unspecified atom stereocenters. The van der Waals surface area contributed by atoms with Gasteiger partial charge in [-0.05, 0) is 0 Å². The molecule has 5 nitrogen and oxygen atoms in total. The van der Waals surface area contributed by atoms with Gasteiger partial charge in [0.1, 0.15) is 0 Å². The Labute approximate surface area is 66.3 Å². The molecule has 11 heavy (non-hydrogen) atoms. The zero-order valence-electron chi connectivity index (χ0n) is 6.56. The molecule has 0 radical (unpaired) electrons. The van der Waals surface area contributed by atoms with Crippen LogP contribution in [0.2, 0.25) is 0 Å². The van der Waals surface area contributed by atoms with Gasteiger partial charge in [-0.25, -0.2) is 0 Å². The highest BCUT2D eigenvalue weighted by molar-refractivity contribution is 8.02. The summed E-state index contributed by atoms with van der Waals surface area (Å²) in [6.45, 7) is 4.19. The Hall–Kier alpha value is -0.710. The van der Waals surface area contributed by atoms with E-state index >= 15 is 0 Å². The van der Waals surface area contributed by atoms with Crippen molar-refractivity contribution < 1.29 is 13.2 Å². The van der Waals surface area contributed by atoms with Gasteiger partial charge < -0.3 is 5.53 Å². The minimum absolute atomic E-state index is 0.380. The molecule has 0 aromatic rings. The van der Waals surface area contributed by atoms with E-state index in [1.807, 2.05) is 0 Å².